The average Bonchev–Trinajstić information content (AvgIpc) is 2.80. The summed E-state index contributed by atoms with van der Waals surface area (Å²) in [5.41, 5.74) is 1.61. The van der Waals surface area contributed by atoms with Crippen LogP contribution in [0.5, 0.6) is 23.0 Å². The summed E-state index contributed by atoms with van der Waals surface area (Å²) in [5.74, 6) is 2.09. The number of hydrogen-bond donors (Lipinski definition) is 0. The molecule has 1 atom stereocenters. The lowest BCUT2D eigenvalue weighted by Crippen LogP contribution is -2.16. The molecule has 1 unspecified atom stereocenters. The van der Waals surface area contributed by atoms with Crippen molar-refractivity contribution < 1.29 is 33.2 Å². The standard InChI is InChI=1S/C25H30O7/c1-6-30-18(2)32-23-14-10-20(16-25(23)29-5)8-12-21(26)11-7-19-9-13-22(31-17-27-3)24(15-19)28-4/h7-16,18H,6,17H2,1-5H3/b11-7+,12-8+. The van der Waals surface area contributed by atoms with E-state index in [2.05, 4.69) is 0 Å². The van der Waals surface area contributed by atoms with Gasteiger partial charge in [0, 0.05) is 13.7 Å². The van der Waals surface area contributed by atoms with Crippen molar-refractivity contribution in [2.24, 2.45) is 0 Å². The number of carbonyl (C=O) groups is 1. The Bertz CT molecular complexity index is 934. The summed E-state index contributed by atoms with van der Waals surface area (Å²) in [7, 11) is 4.66. The van der Waals surface area contributed by atoms with Crippen LogP contribution in [-0.2, 0) is 14.3 Å². The quantitative estimate of drug-likeness (QED) is 0.328. The molecule has 0 saturated heterocycles. The molecule has 0 aromatic heterocycles. The third kappa shape index (κ3) is 7.76. The normalized spacial score (nSPS) is 12.2. The predicted octanol–water partition coefficient (Wildman–Crippen LogP) is 4.74. The number of carbonyl (C=O) groups excluding carboxylic acids is 1. The Labute approximate surface area is 189 Å². The first-order valence-electron chi connectivity index (χ1n) is 10.2. The van der Waals surface area contributed by atoms with Gasteiger partial charge in [0.25, 0.3) is 0 Å². The molecule has 2 aromatic rings. The first kappa shape index (κ1) is 25.0. The molecule has 0 N–H and O–H groups in total. The number of ether oxygens (including phenoxy) is 6. The van der Waals surface area contributed by atoms with Crippen molar-refractivity contribution >= 4 is 17.9 Å². The second kappa shape index (κ2) is 13.2. The SMILES string of the molecule is CCOC(C)Oc1ccc(/C=C/C(=O)/C=C/c2ccc(OCOC)c(OC)c2)cc1OC. The van der Waals surface area contributed by atoms with Crippen molar-refractivity contribution in [1.82, 2.24) is 0 Å². The van der Waals surface area contributed by atoms with Gasteiger partial charge < -0.3 is 28.4 Å². The molecule has 0 saturated carbocycles. The van der Waals surface area contributed by atoms with E-state index in [0.29, 0.717) is 29.6 Å². The number of hydrogen-bond acceptors (Lipinski definition) is 7. The van der Waals surface area contributed by atoms with Crippen LogP contribution in [0.2, 0.25) is 0 Å². The summed E-state index contributed by atoms with van der Waals surface area (Å²) >= 11 is 0. The summed E-state index contributed by atoms with van der Waals surface area (Å²) in [6, 6.07) is 10.8. The molecule has 0 aliphatic carbocycles. The maximum Gasteiger partial charge on any atom is 0.197 e. The molecule has 0 aliphatic heterocycles. The summed E-state index contributed by atoms with van der Waals surface area (Å²) in [5, 5.41) is 0. The van der Waals surface area contributed by atoms with Crippen LogP contribution >= 0.6 is 0 Å². The number of methoxy groups -OCH3 is 3. The summed E-state index contributed by atoms with van der Waals surface area (Å²) in [4.78, 5) is 12.3. The third-order valence-electron chi connectivity index (χ3n) is 4.28. The topological polar surface area (TPSA) is 72.5 Å². The fourth-order valence-electron chi connectivity index (χ4n) is 2.77. The van der Waals surface area contributed by atoms with E-state index in [-0.39, 0.29) is 18.9 Å². The zero-order valence-corrected chi connectivity index (χ0v) is 19.1. The van der Waals surface area contributed by atoms with E-state index in [9.17, 15) is 4.79 Å². The van der Waals surface area contributed by atoms with Gasteiger partial charge in [0.2, 0.25) is 0 Å². The van der Waals surface area contributed by atoms with Crippen LogP contribution in [0, 0.1) is 0 Å². The second-order valence-electron chi connectivity index (χ2n) is 6.58. The average molecular weight is 443 g/mol. The molecule has 2 rings (SSSR count). The van der Waals surface area contributed by atoms with Gasteiger partial charge in [0.15, 0.2) is 41.9 Å². The highest BCUT2D eigenvalue weighted by Crippen LogP contribution is 2.30. The molecule has 7 nitrogen and oxygen atoms in total. The Morgan fingerprint density at radius 3 is 1.97 bits per heavy atom. The van der Waals surface area contributed by atoms with Gasteiger partial charge in [-0.1, -0.05) is 24.3 Å². The van der Waals surface area contributed by atoms with Crippen LogP contribution < -0.4 is 18.9 Å². The van der Waals surface area contributed by atoms with Crippen LogP contribution in [0.3, 0.4) is 0 Å². The lowest BCUT2D eigenvalue weighted by Gasteiger charge is -2.16. The van der Waals surface area contributed by atoms with Crippen molar-refractivity contribution in [2.75, 3.05) is 34.7 Å². The summed E-state index contributed by atoms with van der Waals surface area (Å²) < 4.78 is 32.2. The molecule has 0 heterocycles. The van der Waals surface area contributed by atoms with Gasteiger partial charge in [-0.15, -0.1) is 0 Å². The Morgan fingerprint density at radius 2 is 1.44 bits per heavy atom. The zero-order valence-electron chi connectivity index (χ0n) is 19.1. The van der Waals surface area contributed by atoms with Crippen LogP contribution in [0.4, 0.5) is 0 Å². The predicted molar refractivity (Wildman–Crippen MR) is 123 cm³/mol. The van der Waals surface area contributed by atoms with E-state index in [1.807, 2.05) is 26.0 Å². The van der Waals surface area contributed by atoms with Gasteiger partial charge in [0.1, 0.15) is 0 Å². The molecule has 172 valence electrons. The molecule has 32 heavy (non-hydrogen) atoms. The molecule has 2 aromatic carbocycles. The van der Waals surface area contributed by atoms with E-state index < -0.39 is 0 Å². The van der Waals surface area contributed by atoms with Crippen LogP contribution in [-0.4, -0.2) is 46.8 Å². The van der Waals surface area contributed by atoms with Gasteiger partial charge in [-0.3, -0.25) is 4.79 Å². The molecule has 0 spiro atoms. The van der Waals surface area contributed by atoms with Crippen molar-refractivity contribution in [2.45, 2.75) is 20.1 Å². The van der Waals surface area contributed by atoms with Gasteiger partial charge in [-0.05, 0) is 61.4 Å². The first-order chi connectivity index (χ1) is 15.5. The number of allylic oxidation sites excluding steroid dienone is 2. The molecule has 0 radical (unpaired) electrons. The highest BCUT2D eigenvalue weighted by atomic mass is 16.7. The Morgan fingerprint density at radius 1 is 0.875 bits per heavy atom. The van der Waals surface area contributed by atoms with Gasteiger partial charge in [0.05, 0.1) is 14.2 Å². The first-order valence-corrected chi connectivity index (χ1v) is 10.2. The highest BCUT2D eigenvalue weighted by Gasteiger charge is 2.09. The number of benzene rings is 2. The minimum absolute atomic E-state index is 0.123. The minimum atomic E-state index is -0.388. The van der Waals surface area contributed by atoms with E-state index >= 15 is 0 Å². The van der Waals surface area contributed by atoms with E-state index in [0.717, 1.165) is 11.1 Å². The molecular formula is C25H30O7. The second-order valence-corrected chi connectivity index (χ2v) is 6.58. The van der Waals surface area contributed by atoms with Crippen molar-refractivity contribution in [3.8, 4) is 23.0 Å². The maximum atomic E-state index is 12.3. The van der Waals surface area contributed by atoms with Crippen molar-refractivity contribution in [3.05, 3.63) is 59.7 Å². The monoisotopic (exact) mass is 442 g/mol. The fourth-order valence-corrected chi connectivity index (χ4v) is 2.77. The molecule has 7 heteroatoms. The Balaban J connectivity index is 2.04. The molecule has 0 amide bonds. The van der Waals surface area contributed by atoms with E-state index in [1.54, 1.807) is 57.7 Å². The Kier molecular flexibility index (Phi) is 10.3. The lowest BCUT2D eigenvalue weighted by molar-refractivity contribution is -0.110. The van der Waals surface area contributed by atoms with Gasteiger partial charge in [-0.25, -0.2) is 0 Å². The molecule has 0 bridgehead atoms. The van der Waals surface area contributed by atoms with Gasteiger partial charge in [-0.2, -0.15) is 0 Å². The third-order valence-corrected chi connectivity index (χ3v) is 4.28. The maximum absolute atomic E-state index is 12.3. The minimum Gasteiger partial charge on any atom is -0.493 e. The fraction of sp³-hybridized carbons (Fsp3) is 0.320. The van der Waals surface area contributed by atoms with Crippen LogP contribution in [0.1, 0.15) is 25.0 Å². The molecular weight excluding hydrogens is 412 g/mol. The lowest BCUT2D eigenvalue weighted by atomic mass is 10.1. The number of rotatable bonds is 13. The zero-order chi connectivity index (χ0) is 23.3. The molecule has 0 fully saturated rings. The van der Waals surface area contributed by atoms with Gasteiger partial charge >= 0.3 is 0 Å². The van der Waals surface area contributed by atoms with E-state index in [1.165, 1.54) is 12.2 Å². The summed E-state index contributed by atoms with van der Waals surface area (Å²) in [6.07, 6.45) is 6.01. The largest absolute Gasteiger partial charge is 0.493 e. The van der Waals surface area contributed by atoms with Crippen molar-refractivity contribution in [1.29, 1.82) is 0 Å². The molecule has 0 aliphatic rings. The summed E-state index contributed by atoms with van der Waals surface area (Å²) in [6.45, 7) is 4.40. The Hall–Kier alpha value is -3.29. The highest BCUT2D eigenvalue weighted by molar-refractivity contribution is 6.04. The van der Waals surface area contributed by atoms with Crippen molar-refractivity contribution in [3.63, 3.8) is 0 Å². The van der Waals surface area contributed by atoms with Crippen LogP contribution in [0.25, 0.3) is 12.2 Å². The smallest absolute Gasteiger partial charge is 0.197 e. The number of ketones is 1. The van der Waals surface area contributed by atoms with Crippen LogP contribution in [0.15, 0.2) is 48.6 Å². The van der Waals surface area contributed by atoms with E-state index in [4.69, 9.17) is 28.4 Å².